The fourth-order valence-corrected chi connectivity index (χ4v) is 2.12. The van der Waals surface area contributed by atoms with Gasteiger partial charge < -0.3 is 9.47 Å². The minimum absolute atomic E-state index is 0.441. The molecule has 2 aromatic rings. The maximum absolute atomic E-state index is 6.17. The van der Waals surface area contributed by atoms with Crippen molar-refractivity contribution in [2.45, 2.75) is 0 Å². The number of aromatic nitrogens is 1. The van der Waals surface area contributed by atoms with E-state index in [2.05, 4.69) is 4.98 Å². The van der Waals surface area contributed by atoms with E-state index in [9.17, 15) is 0 Å². The number of halogens is 2. The van der Waals surface area contributed by atoms with Crippen molar-refractivity contribution in [3.05, 3.63) is 28.4 Å². The molecule has 0 N–H and O–H groups in total. The molecule has 0 unspecified atom stereocenters. The van der Waals surface area contributed by atoms with E-state index in [1.807, 2.05) is 0 Å². The molecule has 3 nitrogen and oxygen atoms in total. The van der Waals surface area contributed by atoms with Crippen LogP contribution in [0.15, 0.2) is 18.3 Å². The summed E-state index contributed by atoms with van der Waals surface area (Å²) in [5, 5.41) is 1.60. The van der Waals surface area contributed by atoms with E-state index >= 15 is 0 Å². The molecule has 16 heavy (non-hydrogen) atoms. The number of nitrogens with zero attached hydrogens (tertiary/aromatic N) is 1. The lowest BCUT2D eigenvalue weighted by Crippen LogP contribution is -1.92. The van der Waals surface area contributed by atoms with Crippen molar-refractivity contribution < 1.29 is 9.47 Å². The van der Waals surface area contributed by atoms with E-state index in [0.29, 0.717) is 32.4 Å². The summed E-state index contributed by atoms with van der Waals surface area (Å²) in [6, 6.07) is 3.36. The van der Waals surface area contributed by atoms with Crippen molar-refractivity contribution >= 4 is 34.1 Å². The van der Waals surface area contributed by atoms with Crippen LogP contribution < -0.4 is 9.47 Å². The molecule has 1 aromatic carbocycles. The highest BCUT2D eigenvalue weighted by molar-refractivity contribution is 6.43. The highest BCUT2D eigenvalue weighted by atomic mass is 35.5. The minimum Gasteiger partial charge on any atom is -0.495 e. The van der Waals surface area contributed by atoms with Crippen molar-refractivity contribution in [1.82, 2.24) is 4.98 Å². The van der Waals surface area contributed by atoms with Gasteiger partial charge in [0.25, 0.3) is 0 Å². The van der Waals surface area contributed by atoms with E-state index in [0.717, 1.165) is 0 Å². The molecule has 0 atom stereocenters. The first-order valence-corrected chi connectivity index (χ1v) is 5.29. The molecule has 0 saturated heterocycles. The summed E-state index contributed by atoms with van der Waals surface area (Å²) in [6.07, 6.45) is 1.61. The number of ether oxygens (including phenoxy) is 2. The Morgan fingerprint density at radius 1 is 1.12 bits per heavy atom. The van der Waals surface area contributed by atoms with Gasteiger partial charge in [0, 0.05) is 17.6 Å². The number of fused-ring (bicyclic) bond motifs is 1. The molecule has 1 aromatic heterocycles. The Morgan fingerprint density at radius 3 is 2.44 bits per heavy atom. The van der Waals surface area contributed by atoms with Gasteiger partial charge in [-0.1, -0.05) is 23.2 Å². The smallest absolute Gasteiger partial charge is 0.148 e. The third kappa shape index (κ3) is 1.66. The topological polar surface area (TPSA) is 31.4 Å². The van der Waals surface area contributed by atoms with E-state index in [4.69, 9.17) is 32.7 Å². The average molecular weight is 258 g/mol. The van der Waals surface area contributed by atoms with Crippen LogP contribution in [0.5, 0.6) is 11.5 Å². The van der Waals surface area contributed by atoms with Crippen molar-refractivity contribution in [1.29, 1.82) is 0 Å². The highest BCUT2D eigenvalue weighted by Gasteiger charge is 2.15. The molecule has 0 saturated carbocycles. The third-order valence-electron chi connectivity index (χ3n) is 2.27. The maximum Gasteiger partial charge on any atom is 0.148 e. The van der Waals surface area contributed by atoms with Crippen LogP contribution in [0.3, 0.4) is 0 Å². The average Bonchev–Trinajstić information content (AvgIpc) is 2.30. The molecule has 0 aliphatic carbocycles. The van der Waals surface area contributed by atoms with Crippen LogP contribution in [-0.4, -0.2) is 19.2 Å². The molecule has 1 heterocycles. The first-order chi connectivity index (χ1) is 7.69. The fraction of sp³-hybridized carbons (Fsp3) is 0.182. The summed E-state index contributed by atoms with van der Waals surface area (Å²) in [7, 11) is 3.10. The Labute approximate surface area is 103 Å². The number of pyridine rings is 1. The van der Waals surface area contributed by atoms with Crippen molar-refractivity contribution in [2.75, 3.05) is 14.2 Å². The standard InChI is InChI=1S/C11H9Cl2NO2/c1-15-7-5-8(16-2)11-9(10(7)13)6(12)3-4-14-11/h3-5H,1-2H3. The fourth-order valence-electron chi connectivity index (χ4n) is 1.51. The summed E-state index contributed by atoms with van der Waals surface area (Å²) in [5.41, 5.74) is 0.626. The lowest BCUT2D eigenvalue weighted by molar-refractivity contribution is 0.397. The van der Waals surface area contributed by atoms with E-state index < -0.39 is 0 Å². The minimum atomic E-state index is 0.441. The summed E-state index contributed by atoms with van der Waals surface area (Å²) in [6.45, 7) is 0. The van der Waals surface area contributed by atoms with Crippen LogP contribution in [0.25, 0.3) is 10.9 Å². The number of benzene rings is 1. The van der Waals surface area contributed by atoms with E-state index in [-0.39, 0.29) is 0 Å². The van der Waals surface area contributed by atoms with Gasteiger partial charge in [-0.15, -0.1) is 0 Å². The van der Waals surface area contributed by atoms with Crippen LogP contribution in [0.2, 0.25) is 10.0 Å². The van der Waals surface area contributed by atoms with Crippen LogP contribution in [-0.2, 0) is 0 Å². The van der Waals surface area contributed by atoms with Gasteiger partial charge in [0.05, 0.1) is 24.3 Å². The summed E-state index contributed by atoms with van der Waals surface area (Å²) in [4.78, 5) is 4.20. The summed E-state index contributed by atoms with van der Waals surface area (Å²) >= 11 is 12.3. The maximum atomic E-state index is 6.17. The molecular weight excluding hydrogens is 249 g/mol. The lowest BCUT2D eigenvalue weighted by Gasteiger charge is -2.11. The van der Waals surface area contributed by atoms with Crippen molar-refractivity contribution in [3.63, 3.8) is 0 Å². The van der Waals surface area contributed by atoms with Gasteiger partial charge in [-0.25, -0.2) is 0 Å². The first-order valence-electron chi connectivity index (χ1n) is 4.53. The van der Waals surface area contributed by atoms with Gasteiger partial charge in [0.15, 0.2) is 0 Å². The molecule has 0 spiro atoms. The summed E-state index contributed by atoms with van der Waals surface area (Å²) < 4.78 is 10.4. The monoisotopic (exact) mass is 257 g/mol. The van der Waals surface area contributed by atoms with E-state index in [1.165, 1.54) is 7.11 Å². The van der Waals surface area contributed by atoms with Crippen molar-refractivity contribution in [3.8, 4) is 11.5 Å². The molecule has 0 fully saturated rings. The normalized spacial score (nSPS) is 10.5. The number of methoxy groups -OCH3 is 2. The lowest BCUT2D eigenvalue weighted by atomic mass is 10.2. The van der Waals surface area contributed by atoms with E-state index in [1.54, 1.807) is 25.4 Å². The van der Waals surface area contributed by atoms with Crippen LogP contribution in [0, 0.1) is 0 Å². The largest absolute Gasteiger partial charge is 0.495 e. The van der Waals surface area contributed by atoms with Gasteiger partial charge in [-0.05, 0) is 6.07 Å². The molecule has 0 amide bonds. The van der Waals surface area contributed by atoms with Crippen LogP contribution in [0.4, 0.5) is 0 Å². The van der Waals surface area contributed by atoms with Gasteiger partial charge >= 0.3 is 0 Å². The Morgan fingerprint density at radius 2 is 1.81 bits per heavy atom. The number of hydrogen-bond acceptors (Lipinski definition) is 3. The van der Waals surface area contributed by atoms with Gasteiger partial charge in [0.2, 0.25) is 0 Å². The second-order valence-corrected chi connectivity index (χ2v) is 3.90. The molecule has 0 bridgehead atoms. The number of hydrogen-bond donors (Lipinski definition) is 0. The molecule has 5 heteroatoms. The zero-order valence-corrected chi connectivity index (χ0v) is 10.3. The second-order valence-electron chi connectivity index (χ2n) is 3.11. The Balaban J connectivity index is 2.91. The van der Waals surface area contributed by atoms with Gasteiger partial charge in [-0.2, -0.15) is 0 Å². The zero-order chi connectivity index (χ0) is 11.7. The SMILES string of the molecule is COc1cc(OC)c2nccc(Cl)c2c1Cl. The molecule has 2 rings (SSSR count). The first kappa shape index (κ1) is 11.3. The molecule has 0 radical (unpaired) electrons. The predicted octanol–water partition coefficient (Wildman–Crippen LogP) is 3.56. The Bertz CT molecular complexity index is 543. The highest BCUT2D eigenvalue weighted by Crippen LogP contribution is 2.40. The van der Waals surface area contributed by atoms with Crippen molar-refractivity contribution in [2.24, 2.45) is 0 Å². The van der Waals surface area contributed by atoms with Gasteiger partial charge in [-0.3, -0.25) is 4.98 Å². The molecule has 84 valence electrons. The van der Waals surface area contributed by atoms with Crippen LogP contribution in [0.1, 0.15) is 0 Å². The Hall–Kier alpha value is -1.19. The Kier molecular flexibility index (Phi) is 3.08. The quantitative estimate of drug-likeness (QED) is 0.825. The van der Waals surface area contributed by atoms with Gasteiger partial charge in [0.1, 0.15) is 17.0 Å². The predicted molar refractivity (Wildman–Crippen MR) is 64.9 cm³/mol. The third-order valence-corrected chi connectivity index (χ3v) is 2.96. The van der Waals surface area contributed by atoms with Crippen LogP contribution >= 0.6 is 23.2 Å². The zero-order valence-electron chi connectivity index (χ0n) is 8.75. The summed E-state index contributed by atoms with van der Waals surface area (Å²) in [5.74, 6) is 1.10. The number of rotatable bonds is 2. The second kappa shape index (κ2) is 4.36. The molecule has 0 aliphatic heterocycles. The molecular formula is C11H9Cl2NO2. The molecule has 0 aliphatic rings.